The van der Waals surface area contributed by atoms with Crippen molar-refractivity contribution in [1.82, 2.24) is 14.9 Å². The van der Waals surface area contributed by atoms with Crippen molar-refractivity contribution in [1.29, 1.82) is 0 Å². The van der Waals surface area contributed by atoms with Gasteiger partial charge in [-0.2, -0.15) is 11.8 Å². The van der Waals surface area contributed by atoms with Crippen molar-refractivity contribution >= 4 is 11.8 Å². The summed E-state index contributed by atoms with van der Waals surface area (Å²) in [5.74, 6) is 2.52. The lowest BCUT2D eigenvalue weighted by Crippen LogP contribution is -2.55. The summed E-state index contributed by atoms with van der Waals surface area (Å²) in [7, 11) is 0. The fraction of sp³-hybridized carbons (Fsp3) is 0.812. The number of imidazole rings is 1. The summed E-state index contributed by atoms with van der Waals surface area (Å²) in [5, 5.41) is 3.96. The molecule has 2 atom stereocenters. The minimum absolute atomic E-state index is 0.239. The largest absolute Gasteiger partial charge is 0.336 e. The molecule has 0 radical (unpaired) electrons. The van der Waals surface area contributed by atoms with Gasteiger partial charge >= 0.3 is 0 Å². The fourth-order valence-corrected chi connectivity index (χ4v) is 4.26. The van der Waals surface area contributed by atoms with Crippen molar-refractivity contribution in [3.63, 3.8) is 0 Å². The molecule has 1 N–H and O–H groups in total. The third-order valence-corrected chi connectivity index (χ3v) is 5.58. The van der Waals surface area contributed by atoms with E-state index in [-0.39, 0.29) is 5.41 Å². The maximum absolute atomic E-state index is 4.16. The van der Waals surface area contributed by atoms with E-state index in [0.717, 1.165) is 6.54 Å². The van der Waals surface area contributed by atoms with Crippen molar-refractivity contribution in [2.45, 2.75) is 59.7 Å². The molecule has 0 bridgehead atoms. The van der Waals surface area contributed by atoms with Gasteiger partial charge in [0.25, 0.3) is 0 Å². The Kier molecular flexibility index (Phi) is 4.85. The zero-order valence-electron chi connectivity index (χ0n) is 13.5. The Balaban J connectivity index is 2.07. The minimum Gasteiger partial charge on any atom is -0.336 e. The molecule has 0 amide bonds. The van der Waals surface area contributed by atoms with Crippen molar-refractivity contribution in [3.05, 3.63) is 18.7 Å². The first-order valence-electron chi connectivity index (χ1n) is 7.58. The van der Waals surface area contributed by atoms with Crippen LogP contribution in [0.3, 0.4) is 0 Å². The predicted molar refractivity (Wildman–Crippen MR) is 88.1 cm³/mol. The second kappa shape index (κ2) is 6.10. The van der Waals surface area contributed by atoms with E-state index < -0.39 is 0 Å². The maximum Gasteiger partial charge on any atom is 0.0946 e. The summed E-state index contributed by atoms with van der Waals surface area (Å²) in [5.41, 5.74) is 0.631. The van der Waals surface area contributed by atoms with Gasteiger partial charge in [-0.05, 0) is 23.0 Å². The molecule has 0 saturated carbocycles. The average Bonchev–Trinajstić information content (AvgIpc) is 2.82. The molecule has 2 unspecified atom stereocenters. The third-order valence-electron chi connectivity index (χ3n) is 4.52. The SMILES string of the molecule is CC(C)(C)C(Cn1ccnc1)NC1CSCCC1(C)C. The summed E-state index contributed by atoms with van der Waals surface area (Å²) < 4.78 is 2.19. The molecule has 0 spiro atoms. The summed E-state index contributed by atoms with van der Waals surface area (Å²) in [6, 6.07) is 1.05. The van der Waals surface area contributed by atoms with E-state index >= 15 is 0 Å². The summed E-state index contributed by atoms with van der Waals surface area (Å²) in [6.45, 7) is 12.8. The van der Waals surface area contributed by atoms with Gasteiger partial charge in [0, 0.05) is 36.8 Å². The Morgan fingerprint density at radius 2 is 2.20 bits per heavy atom. The molecule has 2 rings (SSSR count). The number of rotatable bonds is 4. The van der Waals surface area contributed by atoms with Crippen molar-refractivity contribution in [2.24, 2.45) is 10.8 Å². The Labute approximate surface area is 127 Å². The van der Waals surface area contributed by atoms with E-state index in [9.17, 15) is 0 Å². The van der Waals surface area contributed by atoms with Crippen LogP contribution in [0.2, 0.25) is 0 Å². The minimum atomic E-state index is 0.239. The Morgan fingerprint density at radius 1 is 1.45 bits per heavy atom. The molecule has 114 valence electrons. The van der Waals surface area contributed by atoms with Crippen LogP contribution in [0, 0.1) is 10.8 Å². The van der Waals surface area contributed by atoms with Gasteiger partial charge in [-0.15, -0.1) is 0 Å². The molecular formula is C16H29N3S. The smallest absolute Gasteiger partial charge is 0.0946 e. The first-order chi connectivity index (χ1) is 9.29. The lowest BCUT2D eigenvalue weighted by Gasteiger charge is -2.44. The molecule has 1 aliphatic heterocycles. The molecule has 4 heteroatoms. The van der Waals surface area contributed by atoms with Crippen LogP contribution in [0.25, 0.3) is 0 Å². The number of hydrogen-bond acceptors (Lipinski definition) is 3. The highest BCUT2D eigenvalue weighted by atomic mass is 32.2. The van der Waals surface area contributed by atoms with E-state index in [2.05, 4.69) is 67.4 Å². The van der Waals surface area contributed by atoms with Gasteiger partial charge in [0.15, 0.2) is 0 Å². The van der Waals surface area contributed by atoms with Crippen molar-refractivity contribution in [3.8, 4) is 0 Å². The normalized spacial score (nSPS) is 24.6. The highest BCUT2D eigenvalue weighted by Gasteiger charge is 2.36. The summed E-state index contributed by atoms with van der Waals surface area (Å²) in [6.07, 6.45) is 7.14. The van der Waals surface area contributed by atoms with Gasteiger partial charge in [-0.3, -0.25) is 0 Å². The molecule has 1 aromatic rings. The third kappa shape index (κ3) is 4.01. The number of nitrogens with one attached hydrogen (secondary N) is 1. The topological polar surface area (TPSA) is 29.9 Å². The Bertz CT molecular complexity index is 406. The zero-order chi connectivity index (χ0) is 14.8. The molecule has 1 saturated heterocycles. The van der Waals surface area contributed by atoms with Crippen LogP contribution in [0.1, 0.15) is 41.0 Å². The quantitative estimate of drug-likeness (QED) is 0.923. The van der Waals surface area contributed by atoms with Crippen LogP contribution in [-0.2, 0) is 6.54 Å². The molecule has 20 heavy (non-hydrogen) atoms. The Morgan fingerprint density at radius 3 is 2.75 bits per heavy atom. The molecule has 1 aliphatic rings. The van der Waals surface area contributed by atoms with E-state index in [4.69, 9.17) is 0 Å². The maximum atomic E-state index is 4.16. The monoisotopic (exact) mass is 295 g/mol. The van der Waals surface area contributed by atoms with Gasteiger partial charge < -0.3 is 9.88 Å². The van der Waals surface area contributed by atoms with Gasteiger partial charge in [0.2, 0.25) is 0 Å². The lowest BCUT2D eigenvalue weighted by atomic mass is 9.79. The second-order valence-corrected chi connectivity index (χ2v) is 8.86. The van der Waals surface area contributed by atoms with Gasteiger partial charge in [-0.25, -0.2) is 4.98 Å². The van der Waals surface area contributed by atoms with Crippen molar-refractivity contribution in [2.75, 3.05) is 11.5 Å². The molecule has 0 aliphatic carbocycles. The molecule has 0 aromatic carbocycles. The molecular weight excluding hydrogens is 266 g/mol. The van der Waals surface area contributed by atoms with Crippen LogP contribution in [0.5, 0.6) is 0 Å². The van der Waals surface area contributed by atoms with Gasteiger partial charge in [0.1, 0.15) is 0 Å². The molecule has 3 nitrogen and oxygen atoms in total. The standard InChI is InChI=1S/C16H29N3S/c1-15(2,3)13(10-19-8-7-17-12-19)18-14-11-20-9-6-16(14,4)5/h7-8,12-14,18H,6,9-11H2,1-5H3. The first kappa shape index (κ1) is 15.9. The lowest BCUT2D eigenvalue weighted by molar-refractivity contribution is 0.164. The molecule has 1 aromatic heterocycles. The van der Waals surface area contributed by atoms with Crippen LogP contribution < -0.4 is 5.32 Å². The van der Waals surface area contributed by atoms with Crippen LogP contribution in [-0.4, -0.2) is 33.1 Å². The number of hydrogen-bond donors (Lipinski definition) is 1. The number of aromatic nitrogens is 2. The summed E-state index contributed by atoms with van der Waals surface area (Å²) >= 11 is 2.08. The number of nitrogens with zero attached hydrogens (tertiary/aromatic N) is 2. The predicted octanol–water partition coefficient (Wildman–Crippen LogP) is 3.42. The van der Waals surface area contributed by atoms with Crippen LogP contribution in [0.4, 0.5) is 0 Å². The van der Waals surface area contributed by atoms with Crippen LogP contribution in [0.15, 0.2) is 18.7 Å². The highest BCUT2D eigenvalue weighted by molar-refractivity contribution is 7.99. The zero-order valence-corrected chi connectivity index (χ0v) is 14.3. The average molecular weight is 295 g/mol. The van der Waals surface area contributed by atoms with E-state index in [1.807, 2.05) is 12.5 Å². The summed E-state index contributed by atoms with van der Waals surface area (Å²) in [4.78, 5) is 4.16. The van der Waals surface area contributed by atoms with Crippen LogP contribution >= 0.6 is 11.8 Å². The van der Waals surface area contributed by atoms with E-state index in [1.54, 1.807) is 0 Å². The van der Waals surface area contributed by atoms with Gasteiger partial charge in [-0.1, -0.05) is 34.6 Å². The second-order valence-electron chi connectivity index (χ2n) is 7.71. The first-order valence-corrected chi connectivity index (χ1v) is 8.74. The Hall–Kier alpha value is -0.480. The number of thioether (sulfide) groups is 1. The van der Waals surface area contributed by atoms with Gasteiger partial charge in [0.05, 0.1) is 6.33 Å². The highest BCUT2D eigenvalue weighted by Crippen LogP contribution is 2.35. The van der Waals surface area contributed by atoms with E-state index in [1.165, 1.54) is 17.9 Å². The van der Waals surface area contributed by atoms with E-state index in [0.29, 0.717) is 17.5 Å². The molecule has 2 heterocycles. The fourth-order valence-electron chi connectivity index (χ4n) is 2.63. The molecule has 1 fully saturated rings. The van der Waals surface area contributed by atoms with Crippen molar-refractivity contribution < 1.29 is 0 Å².